The molecule has 3 heterocycles. The number of morpholine rings is 1. The number of rotatable bonds is 3. The van der Waals surface area contributed by atoms with E-state index in [0.29, 0.717) is 16.7 Å². The van der Waals surface area contributed by atoms with Gasteiger partial charge in [0.15, 0.2) is 0 Å². The van der Waals surface area contributed by atoms with E-state index < -0.39 is 0 Å². The summed E-state index contributed by atoms with van der Waals surface area (Å²) >= 11 is 12.2. The molecule has 4 rings (SSSR count). The highest BCUT2D eigenvalue weighted by Crippen LogP contribution is 2.31. The highest BCUT2D eigenvalue weighted by Gasteiger charge is 2.24. The van der Waals surface area contributed by atoms with E-state index in [1.165, 1.54) is 19.3 Å². The van der Waals surface area contributed by atoms with Gasteiger partial charge in [0.1, 0.15) is 24.1 Å². The van der Waals surface area contributed by atoms with Crippen LogP contribution in [0, 0.1) is 0 Å². The quantitative estimate of drug-likeness (QED) is 0.776. The highest BCUT2D eigenvalue weighted by molar-refractivity contribution is 6.42. The van der Waals surface area contributed by atoms with Crippen LogP contribution in [0.2, 0.25) is 10.0 Å². The molecule has 2 fully saturated rings. The van der Waals surface area contributed by atoms with Gasteiger partial charge in [-0.3, -0.25) is 0 Å². The first kappa shape index (κ1) is 17.8. The molecular weight excluding hydrogens is 371 g/mol. The van der Waals surface area contributed by atoms with E-state index in [1.807, 2.05) is 18.2 Å². The molecular formula is C19H22Cl2N4O. The monoisotopic (exact) mass is 392 g/mol. The van der Waals surface area contributed by atoms with Gasteiger partial charge in [0, 0.05) is 32.2 Å². The Hall–Kier alpha value is -1.56. The average molecular weight is 393 g/mol. The predicted octanol–water partition coefficient (Wildman–Crippen LogP) is 4.35. The van der Waals surface area contributed by atoms with E-state index in [-0.39, 0.29) is 6.10 Å². The molecule has 0 amide bonds. The number of hydrogen-bond acceptors (Lipinski definition) is 5. The third-order valence-corrected chi connectivity index (χ3v) is 5.76. The molecule has 5 nitrogen and oxygen atoms in total. The Balaban J connectivity index is 1.51. The lowest BCUT2D eigenvalue weighted by atomic mass is 10.1. The standard InChI is InChI=1S/C19H22Cl2N4O/c20-15-5-4-14(10-16(15)21)17-12-25(8-9-26-17)19-11-18(22-13-23-19)24-6-2-1-3-7-24/h4-5,10-11,13,17H,1-3,6-9,12H2/t17-/m0/s1. The molecule has 0 bridgehead atoms. The van der Waals surface area contributed by atoms with E-state index in [1.54, 1.807) is 6.33 Å². The molecule has 1 atom stereocenters. The number of aromatic nitrogens is 2. The Kier molecular flexibility index (Phi) is 5.48. The summed E-state index contributed by atoms with van der Waals surface area (Å²) in [6.07, 6.45) is 5.39. The van der Waals surface area contributed by atoms with Crippen LogP contribution < -0.4 is 9.80 Å². The first-order chi connectivity index (χ1) is 12.7. The van der Waals surface area contributed by atoms with Gasteiger partial charge >= 0.3 is 0 Å². The van der Waals surface area contributed by atoms with Crippen molar-refractivity contribution in [2.45, 2.75) is 25.4 Å². The van der Waals surface area contributed by atoms with Crippen molar-refractivity contribution in [3.8, 4) is 0 Å². The molecule has 1 aromatic carbocycles. The SMILES string of the molecule is Clc1ccc([C@@H]2CN(c3cc(N4CCCCC4)ncn3)CCO2)cc1Cl. The number of benzene rings is 1. The van der Waals surface area contributed by atoms with Gasteiger partial charge in [-0.25, -0.2) is 9.97 Å². The molecule has 0 aliphatic carbocycles. The first-order valence-corrected chi connectivity index (χ1v) is 9.85. The van der Waals surface area contributed by atoms with Gasteiger partial charge in [-0.05, 0) is 37.0 Å². The number of nitrogens with zero attached hydrogens (tertiary/aromatic N) is 4. The average Bonchev–Trinajstić information content (AvgIpc) is 2.71. The molecule has 0 radical (unpaired) electrons. The lowest BCUT2D eigenvalue weighted by molar-refractivity contribution is 0.0395. The van der Waals surface area contributed by atoms with Gasteiger partial charge in [-0.2, -0.15) is 0 Å². The van der Waals surface area contributed by atoms with E-state index in [4.69, 9.17) is 27.9 Å². The third kappa shape index (κ3) is 3.90. The number of ether oxygens (including phenoxy) is 1. The largest absolute Gasteiger partial charge is 0.370 e. The van der Waals surface area contributed by atoms with Gasteiger partial charge in [0.05, 0.1) is 16.7 Å². The zero-order valence-corrected chi connectivity index (χ0v) is 16.1. The molecule has 1 aromatic heterocycles. The number of halogens is 2. The van der Waals surface area contributed by atoms with Crippen molar-refractivity contribution in [1.29, 1.82) is 0 Å². The van der Waals surface area contributed by atoms with Gasteiger partial charge in [0.25, 0.3) is 0 Å². The summed E-state index contributed by atoms with van der Waals surface area (Å²) in [5, 5.41) is 1.12. The van der Waals surface area contributed by atoms with E-state index >= 15 is 0 Å². The maximum Gasteiger partial charge on any atom is 0.134 e. The number of hydrogen-bond donors (Lipinski definition) is 0. The maximum atomic E-state index is 6.17. The number of piperidine rings is 1. The van der Waals surface area contributed by atoms with E-state index in [0.717, 1.165) is 43.4 Å². The van der Waals surface area contributed by atoms with Crippen molar-refractivity contribution in [1.82, 2.24) is 9.97 Å². The van der Waals surface area contributed by atoms with Gasteiger partial charge < -0.3 is 14.5 Å². The maximum absolute atomic E-state index is 6.17. The minimum atomic E-state index is -0.0491. The Morgan fingerprint density at radius 3 is 2.42 bits per heavy atom. The summed E-state index contributed by atoms with van der Waals surface area (Å²) in [4.78, 5) is 13.6. The van der Waals surface area contributed by atoms with Crippen LogP contribution in [0.25, 0.3) is 0 Å². The van der Waals surface area contributed by atoms with Gasteiger partial charge in [0.2, 0.25) is 0 Å². The van der Waals surface area contributed by atoms with Crippen LogP contribution in [0.4, 0.5) is 11.6 Å². The fraction of sp³-hybridized carbons (Fsp3) is 0.474. The van der Waals surface area contributed by atoms with E-state index in [2.05, 4.69) is 25.8 Å². The van der Waals surface area contributed by atoms with Gasteiger partial charge in [-0.15, -0.1) is 0 Å². The molecule has 0 N–H and O–H groups in total. The third-order valence-electron chi connectivity index (χ3n) is 5.02. The van der Waals surface area contributed by atoms with Crippen molar-refractivity contribution in [2.75, 3.05) is 42.6 Å². The van der Waals surface area contributed by atoms with Crippen LogP contribution in [-0.4, -0.2) is 42.8 Å². The first-order valence-electron chi connectivity index (χ1n) is 9.09. The van der Waals surface area contributed by atoms with Crippen LogP contribution >= 0.6 is 23.2 Å². The zero-order chi connectivity index (χ0) is 17.9. The summed E-state index contributed by atoms with van der Waals surface area (Å²) < 4.78 is 5.96. The van der Waals surface area contributed by atoms with Crippen LogP contribution in [0.1, 0.15) is 30.9 Å². The fourth-order valence-corrected chi connectivity index (χ4v) is 3.88. The topological polar surface area (TPSA) is 41.5 Å². The minimum Gasteiger partial charge on any atom is -0.370 e. The Morgan fingerprint density at radius 2 is 1.65 bits per heavy atom. The molecule has 2 aliphatic heterocycles. The van der Waals surface area contributed by atoms with E-state index in [9.17, 15) is 0 Å². The van der Waals surface area contributed by atoms with Crippen LogP contribution in [-0.2, 0) is 4.74 Å². The molecule has 2 aromatic rings. The summed E-state index contributed by atoms with van der Waals surface area (Å²) in [7, 11) is 0. The van der Waals surface area contributed by atoms with Crippen LogP contribution in [0.5, 0.6) is 0 Å². The summed E-state index contributed by atoms with van der Waals surface area (Å²) in [6, 6.07) is 7.78. The predicted molar refractivity (Wildman–Crippen MR) is 105 cm³/mol. The van der Waals surface area contributed by atoms with Crippen molar-refractivity contribution < 1.29 is 4.74 Å². The fourth-order valence-electron chi connectivity index (χ4n) is 3.58. The van der Waals surface area contributed by atoms with Crippen molar-refractivity contribution in [3.63, 3.8) is 0 Å². The second kappa shape index (κ2) is 7.99. The normalized spacial score (nSPS) is 21.1. The lowest BCUT2D eigenvalue weighted by Crippen LogP contribution is -2.39. The second-order valence-electron chi connectivity index (χ2n) is 6.76. The Morgan fingerprint density at radius 1 is 0.885 bits per heavy atom. The van der Waals surface area contributed by atoms with Crippen LogP contribution in [0.3, 0.4) is 0 Å². The number of anilines is 2. The molecule has 26 heavy (non-hydrogen) atoms. The van der Waals surface area contributed by atoms with Gasteiger partial charge in [-0.1, -0.05) is 29.3 Å². The van der Waals surface area contributed by atoms with Crippen LogP contribution in [0.15, 0.2) is 30.6 Å². The molecule has 2 aliphatic rings. The van der Waals surface area contributed by atoms with Crippen molar-refractivity contribution >= 4 is 34.8 Å². The minimum absolute atomic E-state index is 0.0491. The zero-order valence-electron chi connectivity index (χ0n) is 14.6. The Labute approximate surface area is 163 Å². The summed E-state index contributed by atoms with van der Waals surface area (Å²) in [6.45, 7) is 4.34. The molecule has 0 saturated carbocycles. The molecule has 0 spiro atoms. The van der Waals surface area contributed by atoms with Crippen molar-refractivity contribution in [2.24, 2.45) is 0 Å². The molecule has 2 saturated heterocycles. The second-order valence-corrected chi connectivity index (χ2v) is 7.58. The van der Waals surface area contributed by atoms with Crippen molar-refractivity contribution in [3.05, 3.63) is 46.2 Å². The smallest absolute Gasteiger partial charge is 0.134 e. The molecule has 7 heteroatoms. The summed E-state index contributed by atoms with van der Waals surface area (Å²) in [5.74, 6) is 1.97. The molecule has 0 unspecified atom stereocenters. The lowest BCUT2D eigenvalue weighted by Gasteiger charge is -2.35. The molecule has 138 valence electrons. The highest BCUT2D eigenvalue weighted by atomic mass is 35.5. The summed E-state index contributed by atoms with van der Waals surface area (Å²) in [5.41, 5.74) is 1.04. The Bertz CT molecular complexity index is 767.